The summed E-state index contributed by atoms with van der Waals surface area (Å²) in [5.41, 5.74) is 1.38. The van der Waals surface area contributed by atoms with Gasteiger partial charge in [-0.1, -0.05) is 35.9 Å². The van der Waals surface area contributed by atoms with E-state index in [-0.39, 0.29) is 17.1 Å². The van der Waals surface area contributed by atoms with Gasteiger partial charge in [-0.25, -0.2) is 5.01 Å². The Labute approximate surface area is 142 Å². The molecule has 0 bridgehead atoms. The second kappa shape index (κ2) is 5.63. The molecule has 1 aliphatic rings. The fourth-order valence-electron chi connectivity index (χ4n) is 2.94. The van der Waals surface area contributed by atoms with Crippen LogP contribution < -0.4 is 5.43 Å². The van der Waals surface area contributed by atoms with Gasteiger partial charge in [0.15, 0.2) is 6.04 Å². The normalized spacial score (nSPS) is 19.5. The molecule has 2 aromatic rings. The Bertz CT molecular complexity index is 804. The maximum atomic E-state index is 13.8. The number of alkyl halides is 3. The Hall–Kier alpha value is -1.79. The number of carbonyl (C=O) groups excluding carboxylic acids is 1. The topological polar surface area (TPSA) is 32.3 Å². The highest BCUT2D eigenvalue weighted by Crippen LogP contribution is 2.43. The Morgan fingerprint density at radius 3 is 2.29 bits per heavy atom. The van der Waals surface area contributed by atoms with Crippen LogP contribution in [0.4, 0.5) is 13.2 Å². The number of hydrogen-bond donors (Lipinski definition) is 1. The first kappa shape index (κ1) is 17.0. The summed E-state index contributed by atoms with van der Waals surface area (Å²) in [4.78, 5) is 11.9. The minimum absolute atomic E-state index is 0.0231. The number of halogens is 4. The zero-order valence-electron chi connectivity index (χ0n) is 13.1. The third kappa shape index (κ3) is 2.96. The molecule has 1 fully saturated rings. The minimum Gasteiger partial charge on any atom is -0.287 e. The summed E-state index contributed by atoms with van der Waals surface area (Å²) in [7, 11) is 0. The van der Waals surface area contributed by atoms with Crippen molar-refractivity contribution in [1.82, 2.24) is 10.4 Å². The van der Waals surface area contributed by atoms with Crippen molar-refractivity contribution in [3.63, 3.8) is 0 Å². The lowest BCUT2D eigenvalue weighted by atomic mass is 9.93. The lowest BCUT2D eigenvalue weighted by Crippen LogP contribution is -2.43. The van der Waals surface area contributed by atoms with E-state index in [2.05, 4.69) is 5.43 Å². The number of hydrazine groups is 1. The fraction of sp³-hybridized carbons (Fsp3) is 0.353. The molecule has 0 saturated carbocycles. The molecule has 1 heterocycles. The van der Waals surface area contributed by atoms with Crippen LogP contribution in [0.25, 0.3) is 10.8 Å². The van der Waals surface area contributed by atoms with Crippen molar-refractivity contribution in [2.75, 3.05) is 6.54 Å². The molecule has 1 atom stereocenters. The summed E-state index contributed by atoms with van der Waals surface area (Å²) < 4.78 is 41.3. The zero-order chi connectivity index (χ0) is 17.7. The minimum atomic E-state index is -4.58. The molecule has 0 aromatic heterocycles. The number of hydrogen-bond acceptors (Lipinski definition) is 2. The lowest BCUT2D eigenvalue weighted by Gasteiger charge is -2.30. The van der Waals surface area contributed by atoms with Crippen LogP contribution in [0.3, 0.4) is 0 Å². The van der Waals surface area contributed by atoms with E-state index in [0.717, 1.165) is 10.4 Å². The fourth-order valence-corrected chi connectivity index (χ4v) is 3.21. The maximum absolute atomic E-state index is 13.8. The number of carbonyl (C=O) groups is 1. The highest BCUT2D eigenvalue weighted by atomic mass is 35.5. The van der Waals surface area contributed by atoms with Crippen LogP contribution in [0.1, 0.15) is 25.5 Å². The van der Waals surface area contributed by atoms with Gasteiger partial charge in [-0.3, -0.25) is 10.2 Å². The lowest BCUT2D eigenvalue weighted by molar-refractivity contribution is -0.191. The Morgan fingerprint density at radius 1 is 1.21 bits per heavy atom. The average molecular weight is 357 g/mol. The van der Waals surface area contributed by atoms with E-state index >= 15 is 0 Å². The predicted molar refractivity (Wildman–Crippen MR) is 86.4 cm³/mol. The van der Waals surface area contributed by atoms with E-state index in [4.69, 9.17) is 11.6 Å². The van der Waals surface area contributed by atoms with Gasteiger partial charge >= 0.3 is 6.18 Å². The van der Waals surface area contributed by atoms with Crippen LogP contribution in [-0.2, 0) is 4.79 Å². The summed E-state index contributed by atoms with van der Waals surface area (Å²) in [5, 5.41) is 2.38. The van der Waals surface area contributed by atoms with E-state index < -0.39 is 23.5 Å². The standard InChI is InChI=1S/C17H16ClF3N2O/c1-16(2)9-23(22-15(16)24)14(17(19,20)21)12-7-10-5-3-4-6-11(10)8-13(12)18/h3-8,14H,9H2,1-2H3,(H,22,24)/t14-/m0/s1. The summed E-state index contributed by atoms with van der Waals surface area (Å²) in [6.07, 6.45) is -4.58. The van der Waals surface area contributed by atoms with Crippen molar-refractivity contribution in [2.45, 2.75) is 26.1 Å². The number of fused-ring (bicyclic) bond motifs is 1. The van der Waals surface area contributed by atoms with E-state index in [0.29, 0.717) is 5.39 Å². The molecule has 1 aliphatic heterocycles. The van der Waals surface area contributed by atoms with E-state index in [1.54, 1.807) is 38.1 Å². The van der Waals surface area contributed by atoms with Gasteiger partial charge in [-0.15, -0.1) is 0 Å². The van der Waals surface area contributed by atoms with Crippen LogP contribution >= 0.6 is 11.6 Å². The predicted octanol–water partition coefficient (Wildman–Crippen LogP) is 4.47. The number of nitrogens with one attached hydrogen (secondary N) is 1. The molecule has 1 N–H and O–H groups in total. The number of benzene rings is 2. The molecule has 2 aromatic carbocycles. The highest BCUT2D eigenvalue weighted by molar-refractivity contribution is 6.32. The monoisotopic (exact) mass is 356 g/mol. The molecule has 1 amide bonds. The largest absolute Gasteiger partial charge is 0.409 e. The number of amides is 1. The van der Waals surface area contributed by atoms with Crippen molar-refractivity contribution in [1.29, 1.82) is 0 Å². The second-order valence-corrected chi connectivity index (χ2v) is 7.02. The van der Waals surface area contributed by atoms with E-state index in [9.17, 15) is 18.0 Å². The smallest absolute Gasteiger partial charge is 0.287 e. The molecule has 3 nitrogen and oxygen atoms in total. The van der Waals surface area contributed by atoms with Crippen molar-refractivity contribution in [2.24, 2.45) is 5.41 Å². The molecule has 7 heteroatoms. The number of nitrogens with zero attached hydrogens (tertiary/aromatic N) is 1. The first-order valence-electron chi connectivity index (χ1n) is 7.42. The van der Waals surface area contributed by atoms with Crippen molar-refractivity contribution < 1.29 is 18.0 Å². The molecular formula is C17H16ClF3N2O. The SMILES string of the molecule is CC1(C)CN([C@@H](c2cc3ccccc3cc2Cl)C(F)(F)F)NC1=O. The Balaban J connectivity index is 2.11. The Morgan fingerprint density at radius 2 is 1.79 bits per heavy atom. The molecule has 24 heavy (non-hydrogen) atoms. The van der Waals surface area contributed by atoms with Crippen molar-refractivity contribution >= 4 is 28.3 Å². The van der Waals surface area contributed by atoms with Gasteiger partial charge in [0.05, 0.1) is 5.41 Å². The Kier molecular flexibility index (Phi) is 4.00. The molecule has 0 aliphatic carbocycles. The molecule has 1 saturated heterocycles. The van der Waals surface area contributed by atoms with Crippen LogP contribution in [0.15, 0.2) is 36.4 Å². The highest BCUT2D eigenvalue weighted by Gasteiger charge is 2.51. The van der Waals surface area contributed by atoms with Gasteiger partial charge in [-0.05, 0) is 42.3 Å². The third-order valence-corrected chi connectivity index (χ3v) is 4.53. The first-order chi connectivity index (χ1) is 11.1. The molecular weight excluding hydrogens is 341 g/mol. The summed E-state index contributed by atoms with van der Waals surface area (Å²) in [5.74, 6) is -0.436. The average Bonchev–Trinajstić information content (AvgIpc) is 2.71. The van der Waals surface area contributed by atoms with Crippen molar-refractivity contribution in [3.05, 3.63) is 47.0 Å². The van der Waals surface area contributed by atoms with Crippen molar-refractivity contribution in [3.8, 4) is 0 Å². The van der Waals surface area contributed by atoms with Crippen LogP contribution in [0, 0.1) is 5.41 Å². The van der Waals surface area contributed by atoms with Gasteiger partial charge in [-0.2, -0.15) is 13.2 Å². The van der Waals surface area contributed by atoms with Gasteiger partial charge in [0, 0.05) is 11.6 Å². The number of rotatable bonds is 2. The summed E-state index contributed by atoms with van der Waals surface area (Å²) >= 11 is 6.15. The van der Waals surface area contributed by atoms with Gasteiger partial charge < -0.3 is 0 Å². The third-order valence-electron chi connectivity index (χ3n) is 4.21. The summed E-state index contributed by atoms with van der Waals surface area (Å²) in [6, 6.07) is 8.02. The molecule has 0 spiro atoms. The second-order valence-electron chi connectivity index (χ2n) is 6.62. The maximum Gasteiger partial charge on any atom is 0.409 e. The molecule has 128 valence electrons. The molecule has 0 radical (unpaired) electrons. The first-order valence-corrected chi connectivity index (χ1v) is 7.80. The van der Waals surface area contributed by atoms with Crippen LogP contribution in [0.2, 0.25) is 5.02 Å². The van der Waals surface area contributed by atoms with Gasteiger partial charge in [0.25, 0.3) is 0 Å². The zero-order valence-corrected chi connectivity index (χ0v) is 13.9. The summed E-state index contributed by atoms with van der Waals surface area (Å²) in [6.45, 7) is 3.16. The molecule has 3 rings (SSSR count). The van der Waals surface area contributed by atoms with E-state index in [1.165, 1.54) is 12.1 Å². The molecule has 0 unspecified atom stereocenters. The van der Waals surface area contributed by atoms with E-state index in [1.807, 2.05) is 0 Å². The van der Waals surface area contributed by atoms with Gasteiger partial charge in [0.2, 0.25) is 5.91 Å². The van der Waals surface area contributed by atoms with Crippen LogP contribution in [-0.4, -0.2) is 23.6 Å². The quantitative estimate of drug-likeness (QED) is 0.861. The van der Waals surface area contributed by atoms with Gasteiger partial charge in [0.1, 0.15) is 0 Å². The van der Waals surface area contributed by atoms with Crippen LogP contribution in [0.5, 0.6) is 0 Å².